The summed E-state index contributed by atoms with van der Waals surface area (Å²) >= 11 is 6.13. The quantitative estimate of drug-likeness (QED) is 0.879. The molecule has 0 bridgehead atoms. The molecule has 0 radical (unpaired) electrons. The Labute approximate surface area is 140 Å². The van der Waals surface area contributed by atoms with Crippen molar-refractivity contribution in [3.8, 4) is 5.75 Å². The lowest BCUT2D eigenvalue weighted by Crippen LogP contribution is -2.44. The summed E-state index contributed by atoms with van der Waals surface area (Å²) in [5.74, 6) is 0.0346. The Hall–Kier alpha value is -2.27. The van der Waals surface area contributed by atoms with E-state index in [1.165, 1.54) is 0 Å². The van der Waals surface area contributed by atoms with Crippen molar-refractivity contribution in [3.63, 3.8) is 0 Å². The Morgan fingerprint density at radius 2 is 1.87 bits per heavy atom. The van der Waals surface area contributed by atoms with E-state index in [0.717, 1.165) is 17.2 Å². The van der Waals surface area contributed by atoms with E-state index in [2.05, 4.69) is 10.6 Å². The molecule has 5 nitrogen and oxygen atoms in total. The van der Waals surface area contributed by atoms with Crippen LogP contribution >= 0.6 is 11.6 Å². The number of fused-ring (bicyclic) bond motifs is 1. The first-order valence-corrected chi connectivity index (χ1v) is 7.79. The van der Waals surface area contributed by atoms with Gasteiger partial charge in [0.15, 0.2) is 6.61 Å². The van der Waals surface area contributed by atoms with E-state index in [1.54, 1.807) is 12.1 Å². The van der Waals surface area contributed by atoms with E-state index >= 15 is 0 Å². The molecule has 0 saturated carbocycles. The fourth-order valence-corrected chi connectivity index (χ4v) is 2.26. The number of carbonyl (C=O) groups excluding carboxylic acids is 2. The molecule has 0 heterocycles. The lowest BCUT2D eigenvalue weighted by molar-refractivity contribution is -0.121. The lowest BCUT2D eigenvalue weighted by Gasteiger charge is -2.13. The zero-order chi connectivity index (χ0) is 16.8. The van der Waals surface area contributed by atoms with Crippen LogP contribution in [0.4, 0.5) is 4.79 Å². The van der Waals surface area contributed by atoms with Crippen LogP contribution in [0.3, 0.4) is 0 Å². The first kappa shape index (κ1) is 17.1. The molecule has 122 valence electrons. The molecule has 1 atom stereocenters. The van der Waals surface area contributed by atoms with E-state index in [-0.39, 0.29) is 12.6 Å². The molecule has 0 saturated heterocycles. The molecule has 2 aromatic carbocycles. The Morgan fingerprint density at radius 1 is 1.17 bits per heavy atom. The minimum atomic E-state index is -0.520. The maximum atomic E-state index is 11.8. The molecule has 0 unspecified atom stereocenters. The summed E-state index contributed by atoms with van der Waals surface area (Å²) in [4.78, 5) is 23.4. The molecule has 0 aliphatic carbocycles. The largest absolute Gasteiger partial charge is 0.483 e. The molecule has 0 aliphatic heterocycles. The minimum absolute atomic E-state index is 0.00364. The zero-order valence-corrected chi connectivity index (χ0v) is 13.8. The number of carbonyl (C=O) groups is 2. The van der Waals surface area contributed by atoms with Crippen LogP contribution in [0.2, 0.25) is 5.02 Å². The van der Waals surface area contributed by atoms with Crippen molar-refractivity contribution in [2.24, 2.45) is 0 Å². The number of ether oxygens (including phenoxy) is 1. The highest BCUT2D eigenvalue weighted by molar-refractivity contribution is 6.35. The Bertz CT molecular complexity index is 718. The van der Waals surface area contributed by atoms with Gasteiger partial charge in [-0.05, 0) is 25.5 Å². The second kappa shape index (κ2) is 7.83. The van der Waals surface area contributed by atoms with Crippen LogP contribution in [-0.4, -0.2) is 24.6 Å². The molecule has 2 N–H and O–H groups in total. The average molecular weight is 335 g/mol. The zero-order valence-electron chi connectivity index (χ0n) is 13.1. The van der Waals surface area contributed by atoms with E-state index in [0.29, 0.717) is 10.8 Å². The second-order valence-corrected chi connectivity index (χ2v) is 5.62. The standard InChI is InChI=1S/C17H19ClN2O3/c1-3-11(2)19-17(22)20-16(21)10-23-15-9-8-14(18)12-6-4-5-7-13(12)15/h4-9,11H,3,10H2,1-2H3,(H2,19,20,21,22)/t11-/m0/s1. The fraction of sp³-hybridized carbons (Fsp3) is 0.294. The number of rotatable bonds is 5. The van der Waals surface area contributed by atoms with Gasteiger partial charge in [-0.25, -0.2) is 4.79 Å². The lowest BCUT2D eigenvalue weighted by atomic mass is 10.1. The SMILES string of the molecule is CC[C@H](C)NC(=O)NC(=O)COc1ccc(Cl)c2ccccc12. The van der Waals surface area contributed by atoms with Gasteiger partial charge in [0.2, 0.25) is 0 Å². The molecule has 6 heteroatoms. The van der Waals surface area contributed by atoms with Crippen molar-refractivity contribution in [3.05, 3.63) is 41.4 Å². The Morgan fingerprint density at radius 3 is 2.57 bits per heavy atom. The van der Waals surface area contributed by atoms with Crippen LogP contribution in [0.15, 0.2) is 36.4 Å². The summed E-state index contributed by atoms with van der Waals surface area (Å²) in [6.07, 6.45) is 0.787. The van der Waals surface area contributed by atoms with Crippen LogP contribution in [0.5, 0.6) is 5.75 Å². The number of amides is 3. The topological polar surface area (TPSA) is 67.4 Å². The highest BCUT2D eigenvalue weighted by Gasteiger charge is 2.11. The number of urea groups is 1. The normalized spacial score (nSPS) is 11.8. The van der Waals surface area contributed by atoms with Gasteiger partial charge >= 0.3 is 6.03 Å². The molecular formula is C17H19ClN2O3. The predicted molar refractivity (Wildman–Crippen MR) is 90.9 cm³/mol. The van der Waals surface area contributed by atoms with Crippen LogP contribution in [0.1, 0.15) is 20.3 Å². The fourth-order valence-electron chi connectivity index (χ4n) is 2.03. The second-order valence-electron chi connectivity index (χ2n) is 5.21. The molecule has 23 heavy (non-hydrogen) atoms. The number of halogens is 1. The molecule has 0 aliphatic rings. The van der Waals surface area contributed by atoms with Gasteiger partial charge in [0.05, 0.1) is 0 Å². The predicted octanol–water partition coefficient (Wildman–Crippen LogP) is 3.50. The number of benzene rings is 2. The van der Waals surface area contributed by atoms with E-state index in [9.17, 15) is 9.59 Å². The number of hydrogen-bond donors (Lipinski definition) is 2. The molecule has 0 fully saturated rings. The van der Waals surface area contributed by atoms with Crippen LogP contribution in [-0.2, 0) is 4.79 Å². The Balaban J connectivity index is 1.97. The van der Waals surface area contributed by atoms with Gasteiger partial charge in [0.25, 0.3) is 5.91 Å². The van der Waals surface area contributed by atoms with Gasteiger partial charge in [-0.3, -0.25) is 10.1 Å². The summed E-state index contributed by atoms with van der Waals surface area (Å²) < 4.78 is 5.52. The molecule has 0 spiro atoms. The third kappa shape index (κ3) is 4.60. The van der Waals surface area contributed by atoms with Crippen LogP contribution in [0.25, 0.3) is 10.8 Å². The maximum absolute atomic E-state index is 11.8. The third-order valence-electron chi connectivity index (χ3n) is 3.43. The first-order chi connectivity index (χ1) is 11.0. The van der Waals surface area contributed by atoms with Gasteiger partial charge in [-0.15, -0.1) is 0 Å². The highest BCUT2D eigenvalue weighted by Crippen LogP contribution is 2.31. The summed E-state index contributed by atoms with van der Waals surface area (Å²) in [7, 11) is 0. The van der Waals surface area contributed by atoms with Crippen molar-refractivity contribution >= 4 is 34.3 Å². The first-order valence-electron chi connectivity index (χ1n) is 7.41. The smallest absolute Gasteiger partial charge is 0.321 e. The minimum Gasteiger partial charge on any atom is -0.483 e. The van der Waals surface area contributed by atoms with E-state index in [1.807, 2.05) is 38.1 Å². The molecule has 0 aromatic heterocycles. The number of imide groups is 1. The number of hydrogen-bond acceptors (Lipinski definition) is 3. The van der Waals surface area contributed by atoms with Crippen molar-refractivity contribution in [2.75, 3.05) is 6.61 Å². The van der Waals surface area contributed by atoms with Crippen LogP contribution in [0, 0.1) is 0 Å². The van der Waals surface area contributed by atoms with Crippen LogP contribution < -0.4 is 15.4 Å². The van der Waals surface area contributed by atoms with Gasteiger partial charge in [0, 0.05) is 21.8 Å². The average Bonchev–Trinajstić information content (AvgIpc) is 2.54. The van der Waals surface area contributed by atoms with E-state index < -0.39 is 11.9 Å². The van der Waals surface area contributed by atoms with Gasteiger partial charge < -0.3 is 10.1 Å². The Kier molecular flexibility index (Phi) is 5.82. The monoisotopic (exact) mass is 334 g/mol. The molecule has 2 aromatic rings. The highest BCUT2D eigenvalue weighted by atomic mass is 35.5. The van der Waals surface area contributed by atoms with Crippen molar-refractivity contribution in [2.45, 2.75) is 26.3 Å². The number of nitrogens with one attached hydrogen (secondary N) is 2. The summed E-state index contributed by atoms with van der Waals surface area (Å²) in [6.45, 7) is 3.56. The van der Waals surface area contributed by atoms with Crippen molar-refractivity contribution < 1.29 is 14.3 Å². The maximum Gasteiger partial charge on any atom is 0.321 e. The summed E-state index contributed by atoms with van der Waals surface area (Å²) in [5.41, 5.74) is 0. The molecular weight excluding hydrogens is 316 g/mol. The summed E-state index contributed by atoms with van der Waals surface area (Å²) in [6, 6.07) is 10.4. The molecule has 3 amide bonds. The third-order valence-corrected chi connectivity index (χ3v) is 3.76. The summed E-state index contributed by atoms with van der Waals surface area (Å²) in [5, 5.41) is 7.17. The van der Waals surface area contributed by atoms with E-state index in [4.69, 9.17) is 16.3 Å². The van der Waals surface area contributed by atoms with Gasteiger partial charge in [-0.2, -0.15) is 0 Å². The van der Waals surface area contributed by atoms with Gasteiger partial charge in [-0.1, -0.05) is 42.8 Å². The molecule has 2 rings (SSSR count). The van der Waals surface area contributed by atoms with Gasteiger partial charge in [0.1, 0.15) is 5.75 Å². The van der Waals surface area contributed by atoms with Crippen molar-refractivity contribution in [1.29, 1.82) is 0 Å². The van der Waals surface area contributed by atoms with Crippen molar-refractivity contribution in [1.82, 2.24) is 10.6 Å².